The third kappa shape index (κ3) is 8.31. The molecule has 1 amide bonds. The summed E-state index contributed by atoms with van der Waals surface area (Å²) < 4.78 is 10.6. The maximum Gasteiger partial charge on any atom is 0.294 e. The highest BCUT2D eigenvalue weighted by Crippen LogP contribution is 2.29. The maximum absolute atomic E-state index is 12.2. The van der Waals surface area contributed by atoms with Gasteiger partial charge in [0.1, 0.15) is 24.7 Å². The van der Waals surface area contributed by atoms with Crippen molar-refractivity contribution < 1.29 is 24.2 Å². The van der Waals surface area contributed by atoms with E-state index in [1.807, 2.05) is 0 Å². The van der Waals surface area contributed by atoms with Crippen LogP contribution in [0, 0.1) is 10.1 Å². The second-order valence-corrected chi connectivity index (χ2v) is 5.97. The quantitative estimate of drug-likeness (QED) is 0.363. The van der Waals surface area contributed by atoms with Gasteiger partial charge in [0.15, 0.2) is 0 Å². The summed E-state index contributed by atoms with van der Waals surface area (Å²) in [5.41, 5.74) is 0.504. The van der Waals surface area contributed by atoms with Gasteiger partial charge in [0.25, 0.3) is 5.09 Å². The fourth-order valence-electron chi connectivity index (χ4n) is 2.80. The molecule has 0 aromatic heterocycles. The lowest BCUT2D eigenvalue weighted by Gasteiger charge is -2.26. The number of amides is 1. The van der Waals surface area contributed by atoms with Gasteiger partial charge in [0.05, 0.1) is 12.8 Å². The summed E-state index contributed by atoms with van der Waals surface area (Å²) in [5.74, 6) is 0.886. The Morgan fingerprint density at radius 1 is 1.26 bits per heavy atom. The lowest BCUT2D eigenvalue weighted by atomic mass is 10.1. The number of anilines is 1. The van der Waals surface area contributed by atoms with E-state index in [-0.39, 0.29) is 31.5 Å². The lowest BCUT2D eigenvalue weighted by molar-refractivity contribution is -0.757. The normalized spacial score (nSPS) is 14.0. The van der Waals surface area contributed by atoms with Crippen LogP contribution in [-0.2, 0) is 9.63 Å². The third-order valence-electron chi connectivity index (χ3n) is 4.10. The van der Waals surface area contributed by atoms with E-state index in [4.69, 9.17) is 9.47 Å². The molecule has 9 nitrogen and oxygen atoms in total. The van der Waals surface area contributed by atoms with E-state index in [1.54, 1.807) is 18.2 Å². The van der Waals surface area contributed by atoms with Crippen LogP contribution >= 0.6 is 12.4 Å². The Morgan fingerprint density at radius 3 is 2.67 bits per heavy atom. The summed E-state index contributed by atoms with van der Waals surface area (Å²) in [6.07, 6.45) is 4.05. The molecular weight excluding hydrogens is 378 g/mol. The molecule has 1 heterocycles. The molecule has 27 heavy (non-hydrogen) atoms. The zero-order chi connectivity index (χ0) is 18.8. The number of piperidine rings is 1. The number of carbonyl (C=O) groups excluding carboxylic acids is 1. The molecule has 0 bridgehead atoms. The van der Waals surface area contributed by atoms with E-state index in [9.17, 15) is 14.9 Å². The summed E-state index contributed by atoms with van der Waals surface area (Å²) in [6.45, 7) is 2.69. The van der Waals surface area contributed by atoms with Crippen molar-refractivity contribution >= 4 is 24.0 Å². The molecule has 0 spiro atoms. The van der Waals surface area contributed by atoms with Gasteiger partial charge in [-0.05, 0) is 38.1 Å². The van der Waals surface area contributed by atoms with Gasteiger partial charge in [-0.3, -0.25) is 4.79 Å². The minimum atomic E-state index is -0.870. The number of rotatable bonds is 10. The Balaban J connectivity index is 0.00000364. The van der Waals surface area contributed by atoms with Crippen molar-refractivity contribution in [3.63, 3.8) is 0 Å². The minimum Gasteiger partial charge on any atom is -0.495 e. The lowest BCUT2D eigenvalue weighted by Crippen LogP contribution is -2.32. The molecule has 1 aliphatic rings. The molecule has 0 aliphatic carbocycles. The van der Waals surface area contributed by atoms with Crippen LogP contribution in [0.4, 0.5) is 5.69 Å². The Morgan fingerprint density at radius 2 is 2.00 bits per heavy atom. The molecule has 1 aromatic carbocycles. The van der Waals surface area contributed by atoms with E-state index in [2.05, 4.69) is 15.1 Å². The molecule has 1 fully saturated rings. The first-order chi connectivity index (χ1) is 12.6. The number of nitrogens with zero attached hydrogens (tertiary/aromatic N) is 2. The number of hydrogen-bond acceptors (Lipinski definition) is 7. The number of benzene rings is 1. The molecule has 10 heteroatoms. The highest BCUT2D eigenvalue weighted by molar-refractivity contribution is 5.92. The molecular formula is C17H26ClN3O6. The van der Waals surface area contributed by atoms with Gasteiger partial charge in [-0.2, -0.15) is 0 Å². The van der Waals surface area contributed by atoms with E-state index in [0.717, 1.165) is 19.6 Å². The fourth-order valence-corrected chi connectivity index (χ4v) is 2.80. The average Bonchev–Trinajstić information content (AvgIpc) is 2.64. The van der Waals surface area contributed by atoms with Gasteiger partial charge in [0, 0.05) is 19.0 Å². The van der Waals surface area contributed by atoms with Gasteiger partial charge >= 0.3 is 0 Å². The highest BCUT2D eigenvalue weighted by atomic mass is 35.5. The van der Waals surface area contributed by atoms with Crippen LogP contribution in [0.1, 0.15) is 25.7 Å². The van der Waals surface area contributed by atoms with Gasteiger partial charge in [-0.25, -0.2) is 0 Å². The Bertz CT molecular complexity index is 610. The first-order valence-corrected chi connectivity index (χ1v) is 8.69. The van der Waals surface area contributed by atoms with Crippen LogP contribution in [0.25, 0.3) is 0 Å². The van der Waals surface area contributed by atoms with Crippen LogP contribution < -0.4 is 14.8 Å². The van der Waals surface area contributed by atoms with Gasteiger partial charge in [-0.15, -0.1) is 22.5 Å². The van der Waals surface area contributed by atoms with E-state index in [0.29, 0.717) is 23.6 Å². The molecule has 2 rings (SSSR count). The van der Waals surface area contributed by atoms with Crippen molar-refractivity contribution in [2.75, 3.05) is 45.3 Å². The largest absolute Gasteiger partial charge is 0.495 e. The zero-order valence-corrected chi connectivity index (χ0v) is 16.2. The molecule has 152 valence electrons. The van der Waals surface area contributed by atoms with E-state index >= 15 is 0 Å². The summed E-state index contributed by atoms with van der Waals surface area (Å²) in [7, 11) is 1.52. The second-order valence-electron chi connectivity index (χ2n) is 5.97. The van der Waals surface area contributed by atoms with E-state index in [1.165, 1.54) is 26.4 Å². The highest BCUT2D eigenvalue weighted by Gasteiger charge is 2.13. The van der Waals surface area contributed by atoms with Crippen LogP contribution in [-0.4, -0.2) is 55.9 Å². The Hall–Kier alpha value is -2.26. The maximum atomic E-state index is 12.2. The van der Waals surface area contributed by atoms with E-state index < -0.39 is 5.09 Å². The summed E-state index contributed by atoms with van der Waals surface area (Å²) >= 11 is 0. The number of halogens is 1. The van der Waals surface area contributed by atoms with Crippen LogP contribution in [0.15, 0.2) is 18.2 Å². The zero-order valence-electron chi connectivity index (χ0n) is 15.3. The van der Waals surface area contributed by atoms with Crippen LogP contribution in [0.2, 0.25) is 0 Å². The Labute approximate surface area is 164 Å². The van der Waals surface area contributed by atoms with Crippen molar-refractivity contribution in [3.8, 4) is 11.5 Å². The van der Waals surface area contributed by atoms with Crippen LogP contribution in [0.5, 0.6) is 11.5 Å². The number of likely N-dealkylation sites (tertiary alicyclic amines) is 1. The topological polar surface area (TPSA) is 103 Å². The number of methoxy groups -OCH3 is 1. The molecule has 1 aromatic rings. The number of hydrogen-bond donors (Lipinski definition) is 1. The first kappa shape index (κ1) is 22.8. The molecule has 0 saturated carbocycles. The predicted molar refractivity (Wildman–Crippen MR) is 102 cm³/mol. The van der Waals surface area contributed by atoms with Crippen molar-refractivity contribution in [2.45, 2.75) is 25.7 Å². The molecule has 1 saturated heterocycles. The second kappa shape index (κ2) is 12.2. The minimum absolute atomic E-state index is 0. The number of carbonyl (C=O) groups is 1. The number of nitrogens with one attached hydrogen (secondary N) is 1. The summed E-state index contributed by atoms with van der Waals surface area (Å²) in [4.78, 5) is 28.8. The van der Waals surface area contributed by atoms with Crippen molar-refractivity contribution in [1.82, 2.24) is 4.90 Å². The molecule has 1 aliphatic heterocycles. The van der Waals surface area contributed by atoms with Gasteiger partial charge in [0.2, 0.25) is 5.91 Å². The van der Waals surface area contributed by atoms with Crippen molar-refractivity contribution in [2.24, 2.45) is 0 Å². The predicted octanol–water partition coefficient (Wildman–Crippen LogP) is 2.52. The third-order valence-corrected chi connectivity index (χ3v) is 4.10. The monoisotopic (exact) mass is 403 g/mol. The molecule has 0 unspecified atom stereocenters. The average molecular weight is 404 g/mol. The summed E-state index contributed by atoms with van der Waals surface area (Å²) in [5, 5.41) is 12.1. The standard InChI is InChI=1S/C17H25N3O6.ClH/c1-24-16-6-5-14(25-11-12-26-20(22)23)13-15(16)18-17(21)7-10-19-8-3-2-4-9-19;/h5-6,13H,2-4,7-12H2,1H3,(H,18,21);1H. The molecule has 1 N–H and O–H groups in total. The smallest absolute Gasteiger partial charge is 0.294 e. The van der Waals surface area contributed by atoms with Crippen molar-refractivity contribution in [3.05, 3.63) is 28.3 Å². The first-order valence-electron chi connectivity index (χ1n) is 8.69. The number of ether oxygens (including phenoxy) is 2. The molecule has 0 radical (unpaired) electrons. The SMILES string of the molecule is COc1ccc(OCCO[N+](=O)[O-])cc1NC(=O)CCN1CCCCC1.Cl. The van der Waals surface area contributed by atoms with Crippen molar-refractivity contribution in [1.29, 1.82) is 0 Å². The van der Waals surface area contributed by atoms with Gasteiger partial charge in [-0.1, -0.05) is 6.42 Å². The summed E-state index contributed by atoms with van der Waals surface area (Å²) in [6, 6.07) is 4.96. The Kier molecular flexibility index (Phi) is 10.3. The molecule has 0 atom stereocenters. The van der Waals surface area contributed by atoms with Crippen LogP contribution in [0.3, 0.4) is 0 Å². The van der Waals surface area contributed by atoms with Gasteiger partial charge < -0.3 is 24.5 Å². The fraction of sp³-hybridized carbons (Fsp3) is 0.588.